The minimum atomic E-state index is 0.0343. The number of benzene rings is 1. The largest absolute Gasteiger partial charge is 0.365 e. The molecule has 0 aliphatic carbocycles. The average Bonchev–Trinajstić information content (AvgIpc) is 2.61. The smallest absolute Gasteiger partial charge is 0.0963 e. The summed E-state index contributed by atoms with van der Waals surface area (Å²) in [6.45, 7) is 5.14. The maximum absolute atomic E-state index is 6.09. The van der Waals surface area contributed by atoms with Crippen molar-refractivity contribution in [3.63, 3.8) is 0 Å². The normalized spacial score (nSPS) is 23.0. The zero-order valence-corrected chi connectivity index (χ0v) is 9.18. The van der Waals surface area contributed by atoms with Crippen LogP contribution in [0.4, 0.5) is 0 Å². The van der Waals surface area contributed by atoms with Gasteiger partial charge in [-0.3, -0.25) is 0 Å². The van der Waals surface area contributed by atoms with E-state index in [-0.39, 0.29) is 5.60 Å². The SMILES string of the molecule is Cc1cccc2c1COC21CCNCC1. The van der Waals surface area contributed by atoms with Crippen LogP contribution in [0.15, 0.2) is 18.2 Å². The van der Waals surface area contributed by atoms with E-state index in [0.717, 1.165) is 32.5 Å². The Morgan fingerprint density at radius 1 is 1.27 bits per heavy atom. The minimum absolute atomic E-state index is 0.0343. The first-order valence-electron chi connectivity index (χ1n) is 5.75. The van der Waals surface area contributed by atoms with E-state index in [4.69, 9.17) is 4.74 Å². The second-order valence-electron chi connectivity index (χ2n) is 4.63. The Hall–Kier alpha value is -0.860. The van der Waals surface area contributed by atoms with E-state index in [0.29, 0.717) is 0 Å². The molecule has 80 valence electrons. The summed E-state index contributed by atoms with van der Waals surface area (Å²) in [5, 5.41) is 3.40. The highest BCUT2D eigenvalue weighted by Crippen LogP contribution is 2.43. The van der Waals surface area contributed by atoms with Crippen molar-refractivity contribution in [2.75, 3.05) is 13.1 Å². The van der Waals surface area contributed by atoms with Crippen molar-refractivity contribution >= 4 is 0 Å². The number of ether oxygens (including phenoxy) is 1. The topological polar surface area (TPSA) is 21.3 Å². The van der Waals surface area contributed by atoms with Crippen LogP contribution in [0, 0.1) is 6.92 Å². The molecular formula is C13H17NO. The number of rotatable bonds is 0. The van der Waals surface area contributed by atoms with Crippen LogP contribution in [-0.4, -0.2) is 13.1 Å². The van der Waals surface area contributed by atoms with Crippen LogP contribution in [0.5, 0.6) is 0 Å². The first kappa shape index (κ1) is 9.37. The van der Waals surface area contributed by atoms with Gasteiger partial charge in [0, 0.05) is 0 Å². The van der Waals surface area contributed by atoms with Crippen LogP contribution >= 0.6 is 0 Å². The highest BCUT2D eigenvalue weighted by Gasteiger charge is 2.41. The third kappa shape index (κ3) is 1.32. The highest BCUT2D eigenvalue weighted by molar-refractivity contribution is 5.41. The highest BCUT2D eigenvalue weighted by atomic mass is 16.5. The number of piperidine rings is 1. The zero-order valence-electron chi connectivity index (χ0n) is 9.18. The molecule has 1 aromatic rings. The van der Waals surface area contributed by atoms with Gasteiger partial charge in [-0.25, -0.2) is 0 Å². The number of nitrogens with one attached hydrogen (secondary N) is 1. The fourth-order valence-electron chi connectivity index (χ4n) is 2.85. The van der Waals surface area contributed by atoms with E-state index in [1.165, 1.54) is 16.7 Å². The van der Waals surface area contributed by atoms with Gasteiger partial charge in [0.25, 0.3) is 0 Å². The number of fused-ring (bicyclic) bond motifs is 2. The summed E-state index contributed by atoms with van der Waals surface area (Å²) in [6.07, 6.45) is 2.23. The summed E-state index contributed by atoms with van der Waals surface area (Å²) in [5.74, 6) is 0. The Labute approximate surface area is 90.6 Å². The zero-order chi connectivity index (χ0) is 10.3. The molecule has 2 nitrogen and oxygen atoms in total. The van der Waals surface area contributed by atoms with Crippen LogP contribution in [0.25, 0.3) is 0 Å². The van der Waals surface area contributed by atoms with E-state index in [9.17, 15) is 0 Å². The molecule has 1 fully saturated rings. The predicted molar refractivity (Wildman–Crippen MR) is 59.7 cm³/mol. The minimum Gasteiger partial charge on any atom is -0.365 e. The lowest BCUT2D eigenvalue weighted by Gasteiger charge is -2.34. The molecule has 0 amide bonds. The molecule has 2 heteroatoms. The molecule has 2 aliphatic heterocycles. The number of hydrogen-bond acceptors (Lipinski definition) is 2. The average molecular weight is 203 g/mol. The quantitative estimate of drug-likeness (QED) is 0.697. The summed E-state index contributed by atoms with van der Waals surface area (Å²) < 4.78 is 6.09. The Bertz CT molecular complexity index is 380. The first-order valence-corrected chi connectivity index (χ1v) is 5.75. The van der Waals surface area contributed by atoms with Gasteiger partial charge in [0.15, 0.2) is 0 Å². The predicted octanol–water partition coefficient (Wildman–Crippen LogP) is 2.10. The molecule has 3 rings (SSSR count). The lowest BCUT2D eigenvalue weighted by molar-refractivity contribution is -0.0590. The standard InChI is InChI=1S/C13H17NO/c1-10-3-2-4-12-11(10)9-15-13(12)5-7-14-8-6-13/h2-4,14H,5-9H2,1H3. The second kappa shape index (κ2) is 3.32. The van der Waals surface area contributed by atoms with E-state index >= 15 is 0 Å². The van der Waals surface area contributed by atoms with Crippen molar-refractivity contribution in [3.8, 4) is 0 Å². The number of hydrogen-bond donors (Lipinski definition) is 1. The van der Waals surface area contributed by atoms with Crippen molar-refractivity contribution in [1.29, 1.82) is 0 Å². The molecular weight excluding hydrogens is 186 g/mol. The van der Waals surface area contributed by atoms with Gasteiger partial charge in [0.2, 0.25) is 0 Å². The fourth-order valence-corrected chi connectivity index (χ4v) is 2.85. The second-order valence-corrected chi connectivity index (χ2v) is 4.63. The van der Waals surface area contributed by atoms with Crippen molar-refractivity contribution in [2.45, 2.75) is 32.0 Å². The van der Waals surface area contributed by atoms with Gasteiger partial charge in [0.05, 0.1) is 12.2 Å². The van der Waals surface area contributed by atoms with Crippen molar-refractivity contribution in [2.24, 2.45) is 0 Å². The monoisotopic (exact) mass is 203 g/mol. The molecule has 2 heterocycles. The molecule has 0 unspecified atom stereocenters. The van der Waals surface area contributed by atoms with Crippen molar-refractivity contribution < 1.29 is 4.74 Å². The molecule has 1 spiro atoms. The van der Waals surface area contributed by atoms with Crippen LogP contribution in [-0.2, 0) is 16.9 Å². The van der Waals surface area contributed by atoms with Gasteiger partial charge >= 0.3 is 0 Å². The summed E-state index contributed by atoms with van der Waals surface area (Å²) >= 11 is 0. The van der Waals surface area contributed by atoms with Gasteiger partial charge < -0.3 is 10.1 Å². The summed E-state index contributed by atoms with van der Waals surface area (Å²) in [7, 11) is 0. The molecule has 0 radical (unpaired) electrons. The summed E-state index contributed by atoms with van der Waals surface area (Å²) in [5.41, 5.74) is 4.29. The van der Waals surface area contributed by atoms with Gasteiger partial charge in [-0.15, -0.1) is 0 Å². The Kier molecular flexibility index (Phi) is 2.08. The first-order chi connectivity index (χ1) is 7.32. The van der Waals surface area contributed by atoms with Crippen molar-refractivity contribution in [1.82, 2.24) is 5.32 Å². The Balaban J connectivity index is 2.06. The van der Waals surface area contributed by atoms with Gasteiger partial charge in [0.1, 0.15) is 0 Å². The lowest BCUT2D eigenvalue weighted by Crippen LogP contribution is -2.39. The molecule has 0 saturated carbocycles. The van der Waals surface area contributed by atoms with E-state index in [2.05, 4.69) is 30.4 Å². The van der Waals surface area contributed by atoms with E-state index in [1.54, 1.807) is 0 Å². The van der Waals surface area contributed by atoms with Gasteiger partial charge in [-0.2, -0.15) is 0 Å². The van der Waals surface area contributed by atoms with Gasteiger partial charge in [-0.05, 0) is 49.5 Å². The fraction of sp³-hybridized carbons (Fsp3) is 0.538. The summed E-state index contributed by atoms with van der Waals surface area (Å²) in [6, 6.07) is 6.59. The maximum Gasteiger partial charge on any atom is 0.0963 e. The van der Waals surface area contributed by atoms with Crippen LogP contribution in [0.3, 0.4) is 0 Å². The molecule has 0 bridgehead atoms. The maximum atomic E-state index is 6.09. The molecule has 1 aromatic carbocycles. The molecule has 15 heavy (non-hydrogen) atoms. The van der Waals surface area contributed by atoms with E-state index in [1.807, 2.05) is 0 Å². The third-order valence-corrected chi connectivity index (χ3v) is 3.81. The lowest BCUT2D eigenvalue weighted by atomic mass is 9.83. The third-order valence-electron chi connectivity index (χ3n) is 3.81. The Morgan fingerprint density at radius 2 is 2.07 bits per heavy atom. The molecule has 1 saturated heterocycles. The van der Waals surface area contributed by atoms with Crippen LogP contribution in [0.1, 0.15) is 29.5 Å². The van der Waals surface area contributed by atoms with Crippen LogP contribution < -0.4 is 5.32 Å². The molecule has 0 atom stereocenters. The van der Waals surface area contributed by atoms with Crippen molar-refractivity contribution in [3.05, 3.63) is 34.9 Å². The number of aryl methyl sites for hydroxylation is 1. The molecule has 1 N–H and O–H groups in total. The summed E-state index contributed by atoms with van der Waals surface area (Å²) in [4.78, 5) is 0. The van der Waals surface area contributed by atoms with Gasteiger partial charge in [-0.1, -0.05) is 18.2 Å². The van der Waals surface area contributed by atoms with Crippen LogP contribution in [0.2, 0.25) is 0 Å². The molecule has 0 aromatic heterocycles. The molecule has 2 aliphatic rings. The Morgan fingerprint density at radius 3 is 2.87 bits per heavy atom. The van der Waals surface area contributed by atoms with E-state index < -0.39 is 0 Å².